The lowest BCUT2D eigenvalue weighted by atomic mass is 9.93. The van der Waals surface area contributed by atoms with Crippen LogP contribution in [0.4, 0.5) is 0 Å². The van der Waals surface area contributed by atoms with E-state index in [-0.39, 0.29) is 6.04 Å². The molecule has 2 unspecified atom stereocenters. The Bertz CT molecular complexity index is 437. The maximum Gasteiger partial charge on any atom is 0.162 e. The lowest BCUT2D eigenvalue weighted by molar-refractivity contribution is 0.287. The van der Waals surface area contributed by atoms with E-state index < -0.39 is 0 Å². The molecule has 1 aromatic carbocycles. The van der Waals surface area contributed by atoms with Gasteiger partial charge in [-0.3, -0.25) is 0 Å². The lowest BCUT2D eigenvalue weighted by Crippen LogP contribution is -2.19. The Kier molecular flexibility index (Phi) is 7.91. The van der Waals surface area contributed by atoms with Crippen LogP contribution in [-0.2, 0) is 0 Å². The average Bonchev–Trinajstić information content (AvgIpc) is 2.47. The minimum absolute atomic E-state index is 0.264. The summed E-state index contributed by atoms with van der Waals surface area (Å²) in [7, 11) is 0. The summed E-state index contributed by atoms with van der Waals surface area (Å²) in [6.07, 6.45) is 3.04. The van der Waals surface area contributed by atoms with Gasteiger partial charge in [-0.05, 0) is 50.7 Å². The maximum absolute atomic E-state index is 6.41. The van der Waals surface area contributed by atoms with E-state index in [0.29, 0.717) is 24.9 Å². The van der Waals surface area contributed by atoms with Crippen molar-refractivity contribution >= 4 is 11.6 Å². The highest BCUT2D eigenvalue weighted by atomic mass is 35.5. The molecule has 0 aromatic heterocycles. The van der Waals surface area contributed by atoms with Gasteiger partial charge < -0.3 is 15.2 Å². The van der Waals surface area contributed by atoms with E-state index in [2.05, 4.69) is 13.8 Å². The fourth-order valence-electron chi connectivity index (χ4n) is 2.29. The standard InChI is InChI=1S/C17H28ClNO2/c1-5-13(19)9-8-12(4)14-10-16(20-6-2)17(21-7-3)11-15(14)18/h10-13H,5-9,19H2,1-4H3. The number of nitrogens with two attached hydrogens (primary N) is 1. The number of halogens is 1. The van der Waals surface area contributed by atoms with Crippen molar-refractivity contribution in [3.63, 3.8) is 0 Å². The van der Waals surface area contributed by atoms with E-state index in [9.17, 15) is 0 Å². The van der Waals surface area contributed by atoms with Crippen molar-refractivity contribution in [1.82, 2.24) is 0 Å². The fraction of sp³-hybridized carbons (Fsp3) is 0.647. The van der Waals surface area contributed by atoms with E-state index >= 15 is 0 Å². The highest BCUT2D eigenvalue weighted by Crippen LogP contribution is 2.38. The van der Waals surface area contributed by atoms with Gasteiger partial charge in [0.05, 0.1) is 13.2 Å². The molecule has 0 heterocycles. The van der Waals surface area contributed by atoms with Gasteiger partial charge in [0.25, 0.3) is 0 Å². The van der Waals surface area contributed by atoms with Gasteiger partial charge in [0.15, 0.2) is 11.5 Å². The molecule has 0 bridgehead atoms. The summed E-state index contributed by atoms with van der Waals surface area (Å²) in [4.78, 5) is 0. The zero-order valence-electron chi connectivity index (χ0n) is 13.6. The summed E-state index contributed by atoms with van der Waals surface area (Å²) < 4.78 is 11.3. The van der Waals surface area contributed by atoms with Crippen LogP contribution in [0.25, 0.3) is 0 Å². The van der Waals surface area contributed by atoms with Crippen molar-refractivity contribution in [3.8, 4) is 11.5 Å². The van der Waals surface area contributed by atoms with E-state index in [1.54, 1.807) is 0 Å². The average molecular weight is 314 g/mol. The Morgan fingerprint density at radius 2 is 1.62 bits per heavy atom. The van der Waals surface area contributed by atoms with E-state index in [0.717, 1.165) is 35.6 Å². The molecule has 2 N–H and O–H groups in total. The van der Waals surface area contributed by atoms with Crippen LogP contribution in [0.15, 0.2) is 12.1 Å². The number of ether oxygens (including phenoxy) is 2. The Balaban J connectivity index is 2.92. The first-order valence-electron chi connectivity index (χ1n) is 7.87. The third-order valence-electron chi connectivity index (χ3n) is 3.69. The largest absolute Gasteiger partial charge is 0.490 e. The van der Waals surface area contributed by atoms with Crippen LogP contribution < -0.4 is 15.2 Å². The van der Waals surface area contributed by atoms with Crippen molar-refractivity contribution < 1.29 is 9.47 Å². The van der Waals surface area contributed by atoms with E-state index in [4.69, 9.17) is 26.8 Å². The Hall–Kier alpha value is -0.930. The highest BCUT2D eigenvalue weighted by molar-refractivity contribution is 6.31. The molecule has 21 heavy (non-hydrogen) atoms. The number of hydrogen-bond donors (Lipinski definition) is 1. The number of benzene rings is 1. The minimum Gasteiger partial charge on any atom is -0.490 e. The third kappa shape index (κ3) is 5.40. The molecular weight excluding hydrogens is 286 g/mol. The molecule has 0 radical (unpaired) electrons. The molecule has 120 valence electrons. The highest BCUT2D eigenvalue weighted by Gasteiger charge is 2.16. The molecule has 0 spiro atoms. The monoisotopic (exact) mass is 313 g/mol. The first-order chi connectivity index (χ1) is 10.0. The zero-order valence-corrected chi connectivity index (χ0v) is 14.4. The normalized spacial score (nSPS) is 13.8. The van der Waals surface area contributed by atoms with Crippen LogP contribution in [-0.4, -0.2) is 19.3 Å². The van der Waals surface area contributed by atoms with Gasteiger partial charge in [-0.2, -0.15) is 0 Å². The topological polar surface area (TPSA) is 44.5 Å². The van der Waals surface area contributed by atoms with Gasteiger partial charge in [0, 0.05) is 17.1 Å². The van der Waals surface area contributed by atoms with E-state index in [1.165, 1.54) is 0 Å². The molecule has 4 heteroatoms. The van der Waals surface area contributed by atoms with Crippen LogP contribution in [0, 0.1) is 0 Å². The second-order valence-electron chi connectivity index (χ2n) is 5.33. The molecule has 0 aliphatic carbocycles. The van der Waals surface area contributed by atoms with Crippen LogP contribution in [0.2, 0.25) is 5.02 Å². The van der Waals surface area contributed by atoms with Gasteiger partial charge in [-0.25, -0.2) is 0 Å². The minimum atomic E-state index is 0.264. The van der Waals surface area contributed by atoms with Crippen LogP contribution in [0.5, 0.6) is 11.5 Å². The smallest absolute Gasteiger partial charge is 0.162 e. The number of rotatable bonds is 9. The third-order valence-corrected chi connectivity index (χ3v) is 4.02. The summed E-state index contributed by atoms with van der Waals surface area (Å²) in [6.45, 7) is 9.42. The molecule has 0 saturated carbocycles. The summed E-state index contributed by atoms with van der Waals surface area (Å²) in [5, 5.41) is 0.736. The first kappa shape index (κ1) is 18.1. The molecule has 0 aliphatic rings. The molecule has 1 aromatic rings. The van der Waals surface area contributed by atoms with E-state index in [1.807, 2.05) is 26.0 Å². The van der Waals surface area contributed by atoms with Crippen molar-refractivity contribution in [1.29, 1.82) is 0 Å². The Labute approximate surface area is 133 Å². The summed E-state index contributed by atoms with van der Waals surface area (Å²) in [6, 6.07) is 4.14. The quantitative estimate of drug-likeness (QED) is 0.715. The summed E-state index contributed by atoms with van der Waals surface area (Å²) in [5.41, 5.74) is 7.10. The zero-order chi connectivity index (χ0) is 15.8. The van der Waals surface area contributed by atoms with Gasteiger partial charge in [0.1, 0.15) is 0 Å². The van der Waals surface area contributed by atoms with Gasteiger partial charge in [0.2, 0.25) is 0 Å². The van der Waals surface area contributed by atoms with Crippen molar-refractivity contribution in [2.24, 2.45) is 5.73 Å². The van der Waals surface area contributed by atoms with Crippen LogP contribution in [0.3, 0.4) is 0 Å². The molecule has 0 saturated heterocycles. The SMILES string of the molecule is CCOc1cc(Cl)c(C(C)CCC(N)CC)cc1OCC. The molecule has 0 amide bonds. The van der Waals surface area contributed by atoms with Crippen LogP contribution in [0.1, 0.15) is 58.4 Å². The molecule has 2 atom stereocenters. The Morgan fingerprint density at radius 3 is 2.14 bits per heavy atom. The second kappa shape index (κ2) is 9.16. The predicted molar refractivity (Wildman–Crippen MR) is 89.7 cm³/mol. The predicted octanol–water partition coefficient (Wildman–Crippen LogP) is 4.76. The molecule has 3 nitrogen and oxygen atoms in total. The number of hydrogen-bond acceptors (Lipinski definition) is 3. The van der Waals surface area contributed by atoms with Crippen molar-refractivity contribution in [2.75, 3.05) is 13.2 Å². The molecule has 0 fully saturated rings. The summed E-state index contributed by atoms with van der Waals surface area (Å²) in [5.74, 6) is 1.83. The van der Waals surface area contributed by atoms with Gasteiger partial charge in [-0.1, -0.05) is 25.4 Å². The summed E-state index contributed by atoms with van der Waals surface area (Å²) >= 11 is 6.41. The second-order valence-corrected chi connectivity index (χ2v) is 5.74. The lowest BCUT2D eigenvalue weighted by Gasteiger charge is -2.19. The van der Waals surface area contributed by atoms with Gasteiger partial charge >= 0.3 is 0 Å². The maximum atomic E-state index is 6.41. The first-order valence-corrected chi connectivity index (χ1v) is 8.25. The Morgan fingerprint density at radius 1 is 1.05 bits per heavy atom. The molecular formula is C17H28ClNO2. The molecule has 0 aliphatic heterocycles. The van der Waals surface area contributed by atoms with Crippen molar-refractivity contribution in [2.45, 2.75) is 58.9 Å². The van der Waals surface area contributed by atoms with Crippen LogP contribution >= 0.6 is 11.6 Å². The fourth-order valence-corrected chi connectivity index (χ4v) is 2.63. The van der Waals surface area contributed by atoms with Gasteiger partial charge in [-0.15, -0.1) is 0 Å². The van der Waals surface area contributed by atoms with Crippen molar-refractivity contribution in [3.05, 3.63) is 22.7 Å². The molecule has 1 rings (SSSR count).